The molecule has 3 aromatic rings. The fraction of sp³-hybridized carbons (Fsp3) is 0.560. The molecular weight excluding hydrogens is 404 g/mol. The van der Waals surface area contributed by atoms with E-state index in [1.165, 1.54) is 30.4 Å². The molecule has 5 rings (SSSR count). The summed E-state index contributed by atoms with van der Waals surface area (Å²) in [6, 6.07) is 8.66. The second-order valence-corrected chi connectivity index (χ2v) is 10.7. The van der Waals surface area contributed by atoms with E-state index < -0.39 is 0 Å². The highest BCUT2D eigenvalue weighted by molar-refractivity contribution is 7.99. The van der Waals surface area contributed by atoms with E-state index in [1.807, 2.05) is 11.5 Å². The minimum Gasteiger partial charge on any atom is -0.277 e. The van der Waals surface area contributed by atoms with Crippen molar-refractivity contribution in [3.8, 4) is 11.3 Å². The first-order valence-electron chi connectivity index (χ1n) is 11.8. The third kappa shape index (κ3) is 3.34. The van der Waals surface area contributed by atoms with Crippen LogP contribution in [0.3, 0.4) is 0 Å². The summed E-state index contributed by atoms with van der Waals surface area (Å²) in [6.07, 6.45) is 7.96. The second-order valence-electron chi connectivity index (χ2n) is 9.60. The third-order valence-electron chi connectivity index (χ3n) is 7.16. The molecule has 2 aromatic heterocycles. The Hall–Kier alpha value is -2.08. The Morgan fingerprint density at radius 3 is 2.65 bits per heavy atom. The Morgan fingerprint density at radius 2 is 1.90 bits per heavy atom. The van der Waals surface area contributed by atoms with Crippen molar-refractivity contribution >= 4 is 17.5 Å². The van der Waals surface area contributed by atoms with Gasteiger partial charge in [0.1, 0.15) is 0 Å². The number of thioether (sulfide) groups is 1. The molecule has 0 saturated heterocycles. The standard InChI is InChI=1S/C25H32N4OS/c1-4-28-22(30)20-21(29-23(28)26-27-24(29)31-15-12-17(2)3)19-11-7-6-10-18(19)16-25(20)13-8-5-9-14-25/h6-7,10-11,17H,4-5,8-9,12-16H2,1-3H3. The van der Waals surface area contributed by atoms with E-state index in [0.29, 0.717) is 18.2 Å². The Labute approximate surface area is 188 Å². The molecule has 6 heteroatoms. The smallest absolute Gasteiger partial charge is 0.259 e. The van der Waals surface area contributed by atoms with Gasteiger partial charge in [-0.15, -0.1) is 10.2 Å². The first-order valence-corrected chi connectivity index (χ1v) is 12.8. The summed E-state index contributed by atoms with van der Waals surface area (Å²) in [6.45, 7) is 7.16. The van der Waals surface area contributed by atoms with Crippen LogP contribution in [0.25, 0.3) is 17.0 Å². The quantitative estimate of drug-likeness (QED) is 0.497. The van der Waals surface area contributed by atoms with Crippen molar-refractivity contribution in [2.24, 2.45) is 5.92 Å². The molecule has 1 aromatic carbocycles. The van der Waals surface area contributed by atoms with E-state index in [4.69, 9.17) is 0 Å². The van der Waals surface area contributed by atoms with Crippen LogP contribution in [0.15, 0.2) is 34.2 Å². The summed E-state index contributed by atoms with van der Waals surface area (Å²) < 4.78 is 4.06. The first-order chi connectivity index (χ1) is 15.1. The maximum atomic E-state index is 13.9. The maximum Gasteiger partial charge on any atom is 0.259 e. The van der Waals surface area contributed by atoms with Crippen LogP contribution in [0.4, 0.5) is 0 Å². The second kappa shape index (κ2) is 8.12. The molecule has 0 N–H and O–H groups in total. The number of aromatic nitrogens is 4. The van der Waals surface area contributed by atoms with Gasteiger partial charge in [-0.1, -0.05) is 69.1 Å². The molecule has 0 unspecified atom stereocenters. The molecule has 0 bridgehead atoms. The number of fused-ring (bicyclic) bond motifs is 6. The Morgan fingerprint density at radius 1 is 1.13 bits per heavy atom. The molecule has 0 amide bonds. The minimum atomic E-state index is -0.0612. The van der Waals surface area contributed by atoms with E-state index in [0.717, 1.165) is 47.8 Å². The number of rotatable bonds is 5. The zero-order valence-corrected chi connectivity index (χ0v) is 19.7. The fourth-order valence-corrected chi connectivity index (χ4v) is 6.76. The highest BCUT2D eigenvalue weighted by Gasteiger charge is 2.44. The van der Waals surface area contributed by atoms with Gasteiger partial charge in [0.05, 0.1) is 5.69 Å². The van der Waals surface area contributed by atoms with Crippen molar-refractivity contribution in [3.63, 3.8) is 0 Å². The highest BCUT2D eigenvalue weighted by Crippen LogP contribution is 2.49. The van der Waals surface area contributed by atoms with Gasteiger partial charge in [-0.05, 0) is 44.1 Å². The summed E-state index contributed by atoms with van der Waals surface area (Å²) in [5, 5.41) is 10.0. The van der Waals surface area contributed by atoms with Crippen LogP contribution in [-0.2, 0) is 18.4 Å². The molecule has 2 aliphatic carbocycles. The van der Waals surface area contributed by atoms with Crippen LogP contribution < -0.4 is 5.56 Å². The van der Waals surface area contributed by atoms with Crippen molar-refractivity contribution in [1.82, 2.24) is 19.2 Å². The summed E-state index contributed by atoms with van der Waals surface area (Å²) in [5.74, 6) is 2.34. The predicted molar refractivity (Wildman–Crippen MR) is 127 cm³/mol. The van der Waals surface area contributed by atoms with E-state index >= 15 is 0 Å². The molecule has 31 heavy (non-hydrogen) atoms. The molecule has 2 aliphatic rings. The number of hydrogen-bond acceptors (Lipinski definition) is 4. The van der Waals surface area contributed by atoms with E-state index in [1.54, 1.807) is 11.8 Å². The fourth-order valence-electron chi connectivity index (χ4n) is 5.58. The van der Waals surface area contributed by atoms with E-state index in [2.05, 4.69) is 52.7 Å². The van der Waals surface area contributed by atoms with E-state index in [-0.39, 0.29) is 11.0 Å². The lowest BCUT2D eigenvalue weighted by Crippen LogP contribution is -2.43. The van der Waals surface area contributed by atoms with Crippen LogP contribution in [0, 0.1) is 5.92 Å². The van der Waals surface area contributed by atoms with Crippen LogP contribution in [-0.4, -0.2) is 24.9 Å². The highest BCUT2D eigenvalue weighted by atomic mass is 32.2. The molecule has 1 spiro atoms. The van der Waals surface area contributed by atoms with Crippen LogP contribution in [0.1, 0.15) is 70.4 Å². The van der Waals surface area contributed by atoms with Gasteiger partial charge < -0.3 is 0 Å². The van der Waals surface area contributed by atoms with Crippen molar-refractivity contribution < 1.29 is 0 Å². The molecule has 2 heterocycles. The number of aryl methyl sites for hydroxylation is 1. The molecule has 1 saturated carbocycles. The lowest BCUT2D eigenvalue weighted by Gasteiger charge is -2.42. The summed E-state index contributed by atoms with van der Waals surface area (Å²) in [5.41, 5.74) is 4.71. The zero-order valence-electron chi connectivity index (χ0n) is 18.9. The molecular formula is C25H32N4OS. The normalized spacial score (nSPS) is 17.3. The van der Waals surface area contributed by atoms with Crippen molar-refractivity contribution in [1.29, 1.82) is 0 Å². The Kier molecular flexibility index (Phi) is 5.45. The number of hydrogen-bond donors (Lipinski definition) is 0. The van der Waals surface area contributed by atoms with Gasteiger partial charge >= 0.3 is 0 Å². The molecule has 1 fully saturated rings. The van der Waals surface area contributed by atoms with Gasteiger partial charge in [0.2, 0.25) is 5.78 Å². The monoisotopic (exact) mass is 436 g/mol. The van der Waals surface area contributed by atoms with Crippen LogP contribution in [0.2, 0.25) is 0 Å². The Balaban J connectivity index is 1.82. The van der Waals surface area contributed by atoms with Crippen LogP contribution >= 0.6 is 11.8 Å². The Bertz CT molecular complexity index is 1170. The third-order valence-corrected chi connectivity index (χ3v) is 8.12. The molecule has 0 atom stereocenters. The lowest BCUT2D eigenvalue weighted by molar-refractivity contribution is 0.283. The average molecular weight is 437 g/mol. The molecule has 164 valence electrons. The molecule has 0 radical (unpaired) electrons. The largest absolute Gasteiger partial charge is 0.277 e. The predicted octanol–water partition coefficient (Wildman–Crippen LogP) is 5.47. The molecule has 0 aliphatic heterocycles. The number of nitrogens with zero attached hydrogens (tertiary/aromatic N) is 4. The maximum absolute atomic E-state index is 13.9. The van der Waals surface area contributed by atoms with Gasteiger partial charge in [-0.3, -0.25) is 13.8 Å². The molecule has 5 nitrogen and oxygen atoms in total. The minimum absolute atomic E-state index is 0.0612. The van der Waals surface area contributed by atoms with Crippen molar-refractivity contribution in [2.45, 2.75) is 82.8 Å². The number of benzene rings is 1. The van der Waals surface area contributed by atoms with Crippen molar-refractivity contribution in [3.05, 3.63) is 45.7 Å². The van der Waals surface area contributed by atoms with Crippen molar-refractivity contribution in [2.75, 3.05) is 5.75 Å². The van der Waals surface area contributed by atoms with Gasteiger partial charge in [0, 0.05) is 28.8 Å². The summed E-state index contributed by atoms with van der Waals surface area (Å²) >= 11 is 1.77. The topological polar surface area (TPSA) is 52.2 Å². The van der Waals surface area contributed by atoms with E-state index in [9.17, 15) is 4.79 Å². The van der Waals surface area contributed by atoms with Gasteiger partial charge in [0.25, 0.3) is 5.56 Å². The van der Waals surface area contributed by atoms with Crippen LogP contribution in [0.5, 0.6) is 0 Å². The van der Waals surface area contributed by atoms with Gasteiger partial charge in [-0.25, -0.2) is 0 Å². The summed E-state index contributed by atoms with van der Waals surface area (Å²) in [4.78, 5) is 13.9. The first kappa shape index (κ1) is 20.8. The van der Waals surface area contributed by atoms with Gasteiger partial charge in [-0.2, -0.15) is 0 Å². The summed E-state index contributed by atoms with van der Waals surface area (Å²) in [7, 11) is 0. The van der Waals surface area contributed by atoms with Gasteiger partial charge in [0.15, 0.2) is 5.16 Å². The lowest BCUT2D eigenvalue weighted by atomic mass is 9.62. The zero-order chi connectivity index (χ0) is 21.6. The average Bonchev–Trinajstić information content (AvgIpc) is 3.17. The SMILES string of the molecule is CCn1c(=O)c2c(n3c(SCCC(C)C)nnc13)-c1ccccc1CC21CCCCC1.